The van der Waals surface area contributed by atoms with Crippen LogP contribution in [0.3, 0.4) is 0 Å². The summed E-state index contributed by atoms with van der Waals surface area (Å²) in [6.07, 6.45) is 1.02. The number of halogens is 1. The third kappa shape index (κ3) is 2.60. The molecule has 2 unspecified atom stereocenters. The van der Waals surface area contributed by atoms with Gasteiger partial charge in [0.1, 0.15) is 0 Å². The second-order valence-electron chi connectivity index (χ2n) is 3.98. The Hall–Kier alpha value is 0.0700. The molecule has 2 atom stereocenters. The van der Waals surface area contributed by atoms with E-state index in [1.165, 1.54) is 0 Å². The van der Waals surface area contributed by atoms with Crippen LogP contribution in [0.5, 0.6) is 0 Å². The summed E-state index contributed by atoms with van der Waals surface area (Å²) in [5.41, 5.74) is 0. The Morgan fingerprint density at radius 3 is 3.13 bits per heavy atom. The summed E-state index contributed by atoms with van der Waals surface area (Å²) in [4.78, 5) is 14.1. The van der Waals surface area contributed by atoms with Gasteiger partial charge in [-0.2, -0.15) is 11.8 Å². The Balaban J connectivity index is 1.96. The van der Waals surface area contributed by atoms with Crippen LogP contribution in [-0.4, -0.2) is 54.0 Å². The van der Waals surface area contributed by atoms with Crippen molar-refractivity contribution in [3.8, 4) is 0 Å². The number of rotatable bonds is 2. The molecule has 0 spiro atoms. The van der Waals surface area contributed by atoms with Gasteiger partial charge in [-0.15, -0.1) is 11.6 Å². The lowest BCUT2D eigenvalue weighted by Crippen LogP contribution is -2.51. The van der Waals surface area contributed by atoms with Gasteiger partial charge in [-0.3, -0.25) is 4.79 Å². The van der Waals surface area contributed by atoms with Crippen molar-refractivity contribution >= 4 is 29.3 Å². The second-order valence-corrected chi connectivity index (χ2v) is 5.43. The number of amides is 1. The van der Waals surface area contributed by atoms with E-state index in [-0.39, 0.29) is 17.9 Å². The van der Waals surface area contributed by atoms with Crippen LogP contribution in [0, 0.1) is 5.92 Å². The molecule has 5 heteroatoms. The number of carbonyl (C=O) groups excluding carboxylic acids is 1. The van der Waals surface area contributed by atoms with E-state index in [9.17, 15) is 4.79 Å². The molecule has 0 aliphatic carbocycles. The zero-order chi connectivity index (χ0) is 10.7. The molecule has 0 radical (unpaired) electrons. The largest absolute Gasteiger partial charge is 0.377 e. The SMILES string of the molecule is O=C(C1CCSC1)N1CCOCC1CCl. The molecule has 2 fully saturated rings. The molecular weight excluding hydrogens is 234 g/mol. The van der Waals surface area contributed by atoms with Crippen molar-refractivity contribution in [3.05, 3.63) is 0 Å². The van der Waals surface area contributed by atoms with Crippen LogP contribution in [0.4, 0.5) is 0 Å². The van der Waals surface area contributed by atoms with Gasteiger partial charge >= 0.3 is 0 Å². The van der Waals surface area contributed by atoms with Crippen molar-refractivity contribution in [1.82, 2.24) is 4.90 Å². The molecule has 3 nitrogen and oxygen atoms in total. The van der Waals surface area contributed by atoms with Crippen molar-refractivity contribution in [2.24, 2.45) is 5.92 Å². The lowest BCUT2D eigenvalue weighted by Gasteiger charge is -2.36. The molecule has 0 aromatic carbocycles. The summed E-state index contributed by atoms with van der Waals surface area (Å²) < 4.78 is 5.33. The second kappa shape index (κ2) is 5.41. The fourth-order valence-electron chi connectivity index (χ4n) is 2.04. The van der Waals surface area contributed by atoms with Gasteiger partial charge < -0.3 is 9.64 Å². The number of nitrogens with zero attached hydrogens (tertiary/aromatic N) is 1. The Labute approximate surface area is 99.5 Å². The maximum atomic E-state index is 12.2. The van der Waals surface area contributed by atoms with Gasteiger partial charge in [0, 0.05) is 24.1 Å². The van der Waals surface area contributed by atoms with Crippen molar-refractivity contribution < 1.29 is 9.53 Å². The first-order valence-corrected chi connectivity index (χ1v) is 7.04. The molecule has 1 amide bonds. The van der Waals surface area contributed by atoms with Crippen LogP contribution in [0.1, 0.15) is 6.42 Å². The predicted molar refractivity (Wildman–Crippen MR) is 62.5 cm³/mol. The van der Waals surface area contributed by atoms with Crippen LogP contribution in [0.15, 0.2) is 0 Å². The highest BCUT2D eigenvalue weighted by Gasteiger charge is 2.33. The number of hydrogen-bond acceptors (Lipinski definition) is 3. The van der Waals surface area contributed by atoms with Gasteiger partial charge in [-0.05, 0) is 12.2 Å². The first kappa shape index (κ1) is 11.6. The predicted octanol–water partition coefficient (Wildman–Crippen LogP) is 1.21. The van der Waals surface area contributed by atoms with Gasteiger partial charge in [0.25, 0.3) is 0 Å². The molecule has 2 heterocycles. The fourth-order valence-corrected chi connectivity index (χ4v) is 3.50. The van der Waals surface area contributed by atoms with Crippen molar-refractivity contribution in [3.63, 3.8) is 0 Å². The minimum atomic E-state index is 0.0820. The molecule has 86 valence electrons. The van der Waals surface area contributed by atoms with Crippen molar-refractivity contribution in [2.75, 3.05) is 37.1 Å². The van der Waals surface area contributed by atoms with E-state index in [1.54, 1.807) is 0 Å². The summed E-state index contributed by atoms with van der Waals surface area (Å²) in [6.45, 7) is 1.95. The summed E-state index contributed by atoms with van der Waals surface area (Å²) in [7, 11) is 0. The minimum absolute atomic E-state index is 0.0820. The molecule has 2 aliphatic heterocycles. The molecule has 0 saturated carbocycles. The Morgan fingerprint density at radius 2 is 2.47 bits per heavy atom. The van der Waals surface area contributed by atoms with Gasteiger partial charge in [0.15, 0.2) is 0 Å². The average molecular weight is 250 g/mol. The van der Waals surface area contributed by atoms with Gasteiger partial charge in [-0.25, -0.2) is 0 Å². The van der Waals surface area contributed by atoms with Crippen LogP contribution in [0.25, 0.3) is 0 Å². The number of ether oxygens (including phenoxy) is 1. The average Bonchev–Trinajstić information content (AvgIpc) is 2.81. The number of hydrogen-bond donors (Lipinski definition) is 0. The maximum Gasteiger partial charge on any atom is 0.226 e. The summed E-state index contributed by atoms with van der Waals surface area (Å²) in [6, 6.07) is 0.0820. The third-order valence-electron chi connectivity index (χ3n) is 2.97. The smallest absolute Gasteiger partial charge is 0.226 e. The van der Waals surface area contributed by atoms with Gasteiger partial charge in [0.05, 0.1) is 19.3 Å². The lowest BCUT2D eigenvalue weighted by atomic mass is 10.1. The highest BCUT2D eigenvalue weighted by Crippen LogP contribution is 2.26. The molecule has 2 aliphatic rings. The third-order valence-corrected chi connectivity index (χ3v) is 4.49. The molecule has 2 rings (SSSR count). The topological polar surface area (TPSA) is 29.5 Å². The number of alkyl halides is 1. The van der Waals surface area contributed by atoms with Gasteiger partial charge in [-0.1, -0.05) is 0 Å². The van der Waals surface area contributed by atoms with E-state index < -0.39 is 0 Å². The number of thioether (sulfide) groups is 1. The summed E-state index contributed by atoms with van der Waals surface area (Å²) in [5, 5.41) is 0. The van der Waals surface area contributed by atoms with E-state index in [2.05, 4.69) is 0 Å². The Morgan fingerprint density at radius 1 is 1.60 bits per heavy atom. The first-order valence-electron chi connectivity index (χ1n) is 5.35. The zero-order valence-corrected chi connectivity index (χ0v) is 10.2. The standard InChI is InChI=1S/C10H16ClNO2S/c11-5-9-6-14-3-2-12(9)10(13)8-1-4-15-7-8/h8-9H,1-7H2. The molecule has 2 saturated heterocycles. The number of morpholine rings is 1. The van der Waals surface area contributed by atoms with Gasteiger partial charge in [0.2, 0.25) is 5.91 Å². The van der Waals surface area contributed by atoms with Crippen LogP contribution in [-0.2, 0) is 9.53 Å². The molecule has 15 heavy (non-hydrogen) atoms. The quantitative estimate of drug-likeness (QED) is 0.689. The van der Waals surface area contributed by atoms with Crippen LogP contribution >= 0.6 is 23.4 Å². The Bertz CT molecular complexity index is 233. The molecular formula is C10H16ClNO2S. The fraction of sp³-hybridized carbons (Fsp3) is 0.900. The summed E-state index contributed by atoms with van der Waals surface area (Å²) >= 11 is 7.72. The minimum Gasteiger partial charge on any atom is -0.377 e. The van der Waals surface area contributed by atoms with E-state index in [1.807, 2.05) is 16.7 Å². The molecule has 0 aromatic heterocycles. The van der Waals surface area contributed by atoms with E-state index >= 15 is 0 Å². The first-order chi connectivity index (χ1) is 7.33. The number of carbonyl (C=O) groups is 1. The van der Waals surface area contributed by atoms with E-state index in [0.717, 1.165) is 17.9 Å². The normalized spacial score (nSPS) is 31.9. The lowest BCUT2D eigenvalue weighted by molar-refractivity contribution is -0.142. The van der Waals surface area contributed by atoms with Crippen LogP contribution in [0.2, 0.25) is 0 Å². The van der Waals surface area contributed by atoms with E-state index in [0.29, 0.717) is 25.6 Å². The van der Waals surface area contributed by atoms with Crippen LogP contribution < -0.4 is 0 Å². The monoisotopic (exact) mass is 249 g/mol. The highest BCUT2D eigenvalue weighted by atomic mass is 35.5. The molecule has 0 aromatic rings. The maximum absolute atomic E-state index is 12.2. The van der Waals surface area contributed by atoms with E-state index in [4.69, 9.17) is 16.3 Å². The molecule has 0 N–H and O–H groups in total. The van der Waals surface area contributed by atoms with Crippen molar-refractivity contribution in [2.45, 2.75) is 12.5 Å². The summed E-state index contributed by atoms with van der Waals surface area (Å²) in [5.74, 6) is 3.08. The highest BCUT2D eigenvalue weighted by molar-refractivity contribution is 7.99. The van der Waals surface area contributed by atoms with Crippen molar-refractivity contribution in [1.29, 1.82) is 0 Å². The Kier molecular flexibility index (Phi) is 4.17. The zero-order valence-electron chi connectivity index (χ0n) is 8.65. The molecule has 0 bridgehead atoms.